The maximum atomic E-state index is 12.4. The number of hydrogen-bond donors (Lipinski definition) is 0. The second kappa shape index (κ2) is 6.04. The molecule has 0 amide bonds. The normalized spacial score (nSPS) is 16.2. The molecule has 0 fully saturated rings. The fourth-order valence-electron chi connectivity index (χ4n) is 1.70. The largest absolute Gasteiger partial charge is 0.415 e. The van der Waals surface area contributed by atoms with E-state index in [4.69, 9.17) is 13.0 Å². The van der Waals surface area contributed by atoms with Crippen LogP contribution in [0.2, 0.25) is 26.2 Å². The van der Waals surface area contributed by atoms with Crippen molar-refractivity contribution >= 4 is 17.1 Å². The molecule has 0 aromatic heterocycles. The van der Waals surface area contributed by atoms with E-state index in [1.54, 1.807) is 13.1 Å². The van der Waals surface area contributed by atoms with Crippen LogP contribution < -0.4 is 0 Å². The van der Waals surface area contributed by atoms with Gasteiger partial charge in [0.1, 0.15) is 6.10 Å². The number of hydrogen-bond acceptors (Lipinski definition) is 3. The van der Waals surface area contributed by atoms with Crippen molar-refractivity contribution in [2.24, 2.45) is 0 Å². The van der Waals surface area contributed by atoms with Crippen LogP contribution in [0.15, 0.2) is 0 Å². The van der Waals surface area contributed by atoms with Gasteiger partial charge < -0.3 is 13.0 Å². The molecule has 0 aromatic rings. The summed E-state index contributed by atoms with van der Waals surface area (Å²) in [5.41, 5.74) is 0. The SMILES string of the molecule is CC(C)O[Si](C)(C)O[Si](C)(C)OC(C)C(F)(F)F. The van der Waals surface area contributed by atoms with Gasteiger partial charge in [-0.1, -0.05) is 0 Å². The highest BCUT2D eigenvalue weighted by Crippen LogP contribution is 2.27. The quantitative estimate of drug-likeness (QED) is 0.699. The van der Waals surface area contributed by atoms with Crippen LogP contribution in [0, 0.1) is 0 Å². The van der Waals surface area contributed by atoms with Gasteiger partial charge in [0.25, 0.3) is 0 Å². The first-order chi connectivity index (χ1) is 7.75. The summed E-state index contributed by atoms with van der Waals surface area (Å²) in [6.45, 7) is 11.6. The van der Waals surface area contributed by atoms with E-state index in [-0.39, 0.29) is 6.10 Å². The van der Waals surface area contributed by atoms with Crippen molar-refractivity contribution in [1.29, 1.82) is 0 Å². The molecular weight excluding hydrogens is 281 g/mol. The molecule has 110 valence electrons. The van der Waals surface area contributed by atoms with Crippen LogP contribution >= 0.6 is 0 Å². The van der Waals surface area contributed by atoms with Crippen LogP contribution in [0.25, 0.3) is 0 Å². The second-order valence-corrected chi connectivity index (χ2v) is 12.3. The van der Waals surface area contributed by atoms with E-state index in [2.05, 4.69) is 0 Å². The van der Waals surface area contributed by atoms with Crippen LogP contribution in [-0.2, 0) is 13.0 Å². The van der Waals surface area contributed by atoms with Gasteiger partial charge in [-0.05, 0) is 47.0 Å². The summed E-state index contributed by atoms with van der Waals surface area (Å²) >= 11 is 0. The van der Waals surface area contributed by atoms with Gasteiger partial charge in [-0.15, -0.1) is 0 Å². The second-order valence-electron chi connectivity index (χ2n) is 5.37. The van der Waals surface area contributed by atoms with Crippen LogP contribution in [0.1, 0.15) is 20.8 Å². The van der Waals surface area contributed by atoms with Crippen molar-refractivity contribution in [3.05, 3.63) is 0 Å². The maximum Gasteiger partial charge on any atom is 0.413 e. The van der Waals surface area contributed by atoms with Crippen molar-refractivity contribution in [1.82, 2.24) is 0 Å². The van der Waals surface area contributed by atoms with Crippen LogP contribution in [0.3, 0.4) is 0 Å². The van der Waals surface area contributed by atoms with Gasteiger partial charge in [0.2, 0.25) is 0 Å². The minimum absolute atomic E-state index is 0.0171. The van der Waals surface area contributed by atoms with E-state index in [9.17, 15) is 13.2 Å². The Bertz CT molecular complexity index is 268. The summed E-state index contributed by atoms with van der Waals surface area (Å²) in [5, 5.41) is 0. The van der Waals surface area contributed by atoms with E-state index in [0.717, 1.165) is 6.92 Å². The average molecular weight is 304 g/mol. The van der Waals surface area contributed by atoms with E-state index in [0.29, 0.717) is 0 Å². The Morgan fingerprint density at radius 2 is 1.22 bits per heavy atom. The number of rotatable bonds is 6. The van der Waals surface area contributed by atoms with Crippen LogP contribution in [0.5, 0.6) is 0 Å². The predicted molar refractivity (Wildman–Crippen MR) is 68.9 cm³/mol. The lowest BCUT2D eigenvalue weighted by Crippen LogP contribution is -2.52. The summed E-state index contributed by atoms with van der Waals surface area (Å²) in [7, 11) is -5.32. The fraction of sp³-hybridized carbons (Fsp3) is 1.00. The van der Waals surface area contributed by atoms with Gasteiger partial charge in [-0.3, -0.25) is 0 Å². The Balaban J connectivity index is 4.56. The van der Waals surface area contributed by atoms with E-state index >= 15 is 0 Å². The zero-order valence-electron chi connectivity index (χ0n) is 12.0. The molecule has 0 aliphatic carbocycles. The van der Waals surface area contributed by atoms with Gasteiger partial charge in [0, 0.05) is 6.10 Å². The zero-order chi connectivity index (χ0) is 14.8. The van der Waals surface area contributed by atoms with Crippen molar-refractivity contribution in [2.45, 2.75) is 65.3 Å². The molecule has 0 saturated heterocycles. The lowest BCUT2D eigenvalue weighted by atomic mass is 10.4. The standard InChI is InChI=1S/C10H23F3O3Si2/c1-8(2)14-17(4,5)16-18(6,7)15-9(3)10(11,12)13/h8-9H,1-7H3. The summed E-state index contributed by atoms with van der Waals surface area (Å²) < 4.78 is 53.8. The molecule has 1 atom stereocenters. The molecule has 0 radical (unpaired) electrons. The molecule has 18 heavy (non-hydrogen) atoms. The molecule has 0 heterocycles. The van der Waals surface area contributed by atoms with Crippen LogP contribution in [0.4, 0.5) is 13.2 Å². The first-order valence-corrected chi connectivity index (χ1v) is 11.5. The lowest BCUT2D eigenvalue weighted by Gasteiger charge is -2.35. The van der Waals surface area contributed by atoms with Gasteiger partial charge in [-0.25, -0.2) is 0 Å². The van der Waals surface area contributed by atoms with Gasteiger partial charge in [-0.2, -0.15) is 13.2 Å². The summed E-state index contributed by atoms with van der Waals surface area (Å²) in [6, 6.07) is 0. The first-order valence-electron chi connectivity index (χ1n) is 5.88. The fourth-order valence-corrected chi connectivity index (χ4v) is 8.94. The van der Waals surface area contributed by atoms with E-state index in [1.165, 1.54) is 0 Å². The highest BCUT2D eigenvalue weighted by atomic mass is 28.5. The highest BCUT2D eigenvalue weighted by Gasteiger charge is 2.44. The molecule has 8 heteroatoms. The third-order valence-corrected chi connectivity index (χ3v) is 7.83. The Morgan fingerprint density at radius 1 is 0.833 bits per heavy atom. The van der Waals surface area contributed by atoms with Crippen LogP contribution in [-0.4, -0.2) is 35.5 Å². The average Bonchev–Trinajstić information content (AvgIpc) is 1.94. The van der Waals surface area contributed by atoms with Gasteiger partial charge >= 0.3 is 23.3 Å². The molecule has 0 saturated carbocycles. The molecule has 0 N–H and O–H groups in total. The highest BCUT2D eigenvalue weighted by molar-refractivity contribution is 6.78. The first kappa shape index (κ1) is 18.1. The lowest BCUT2D eigenvalue weighted by molar-refractivity contribution is -0.194. The molecule has 0 aromatic carbocycles. The minimum Gasteiger partial charge on any atom is -0.415 e. The van der Waals surface area contributed by atoms with Crippen molar-refractivity contribution < 1.29 is 26.1 Å². The maximum absolute atomic E-state index is 12.4. The molecule has 1 unspecified atom stereocenters. The molecule has 0 aliphatic heterocycles. The molecule has 0 rings (SSSR count). The molecule has 0 bridgehead atoms. The summed E-state index contributed by atoms with van der Waals surface area (Å²) in [4.78, 5) is 0. The monoisotopic (exact) mass is 304 g/mol. The van der Waals surface area contributed by atoms with Crippen molar-refractivity contribution in [2.75, 3.05) is 0 Å². The van der Waals surface area contributed by atoms with Gasteiger partial charge in [0.15, 0.2) is 0 Å². The Hall–Kier alpha value is 0.104. The number of alkyl halides is 3. The van der Waals surface area contributed by atoms with Crippen molar-refractivity contribution in [3.63, 3.8) is 0 Å². The molecule has 3 nitrogen and oxygen atoms in total. The molecular formula is C10H23F3O3Si2. The third-order valence-electron chi connectivity index (χ3n) is 1.93. The Labute approximate surface area is 109 Å². The van der Waals surface area contributed by atoms with Crippen molar-refractivity contribution in [3.8, 4) is 0 Å². The van der Waals surface area contributed by atoms with Gasteiger partial charge in [0.05, 0.1) is 0 Å². The third kappa shape index (κ3) is 7.52. The predicted octanol–water partition coefficient (Wildman–Crippen LogP) is 3.80. The number of halogens is 3. The Morgan fingerprint density at radius 3 is 1.56 bits per heavy atom. The molecule has 0 spiro atoms. The molecule has 0 aliphatic rings. The minimum atomic E-state index is -4.36. The topological polar surface area (TPSA) is 27.7 Å². The summed E-state index contributed by atoms with van der Waals surface area (Å²) in [6.07, 6.45) is -6.20. The van der Waals surface area contributed by atoms with E-state index < -0.39 is 29.4 Å². The smallest absolute Gasteiger partial charge is 0.413 e. The summed E-state index contributed by atoms with van der Waals surface area (Å²) in [5.74, 6) is 0. The zero-order valence-corrected chi connectivity index (χ0v) is 14.0. The Kier molecular flexibility index (Phi) is 6.07. The van der Waals surface area contributed by atoms with E-state index in [1.807, 2.05) is 26.9 Å².